The van der Waals surface area contributed by atoms with Crippen molar-refractivity contribution in [1.82, 2.24) is 15.1 Å². The second-order valence-corrected chi connectivity index (χ2v) is 7.32. The number of rotatable bonds is 6. The van der Waals surface area contributed by atoms with Gasteiger partial charge in [0.05, 0.1) is 5.69 Å². The summed E-state index contributed by atoms with van der Waals surface area (Å²) < 4.78 is 1.78. The summed E-state index contributed by atoms with van der Waals surface area (Å²) in [5, 5.41) is 8.88. The van der Waals surface area contributed by atoms with Gasteiger partial charge in [0.1, 0.15) is 5.15 Å². The standard InChI is InChI=1S/C16H30ClN3/c1-8-16(9-2,11-18-15(4,5)6)10-13-12(3)19-20(7)14(13)17/h18H,8-11H2,1-7H3. The Balaban J connectivity index is 2.96. The maximum atomic E-state index is 6.40. The molecule has 3 nitrogen and oxygen atoms in total. The average molecular weight is 300 g/mol. The summed E-state index contributed by atoms with van der Waals surface area (Å²) in [6.45, 7) is 14.2. The molecule has 0 fully saturated rings. The molecule has 116 valence electrons. The van der Waals surface area contributed by atoms with Gasteiger partial charge in [0.15, 0.2) is 0 Å². The van der Waals surface area contributed by atoms with Crippen LogP contribution in [0.4, 0.5) is 0 Å². The van der Waals surface area contributed by atoms with Gasteiger partial charge in [-0.2, -0.15) is 5.10 Å². The molecule has 0 aliphatic heterocycles. The Morgan fingerprint density at radius 2 is 1.75 bits per heavy atom. The second kappa shape index (κ2) is 6.48. The summed E-state index contributed by atoms with van der Waals surface area (Å²) in [4.78, 5) is 0. The number of hydrogen-bond acceptors (Lipinski definition) is 2. The van der Waals surface area contributed by atoms with E-state index in [1.54, 1.807) is 4.68 Å². The molecule has 1 heterocycles. The van der Waals surface area contributed by atoms with Crippen LogP contribution < -0.4 is 5.32 Å². The minimum Gasteiger partial charge on any atom is -0.312 e. The SMILES string of the molecule is CCC(CC)(CNC(C)(C)C)Cc1c(C)nn(C)c1Cl. The highest BCUT2D eigenvalue weighted by Crippen LogP contribution is 2.34. The van der Waals surface area contributed by atoms with Crippen molar-refractivity contribution in [1.29, 1.82) is 0 Å². The highest BCUT2D eigenvalue weighted by atomic mass is 35.5. The zero-order valence-electron chi connectivity index (χ0n) is 14.1. The fourth-order valence-corrected chi connectivity index (χ4v) is 2.76. The summed E-state index contributed by atoms with van der Waals surface area (Å²) in [5.74, 6) is 0. The average Bonchev–Trinajstić information content (AvgIpc) is 2.59. The number of hydrogen-bond donors (Lipinski definition) is 1. The van der Waals surface area contributed by atoms with Gasteiger partial charge in [-0.1, -0.05) is 25.4 Å². The van der Waals surface area contributed by atoms with E-state index in [-0.39, 0.29) is 11.0 Å². The molecule has 0 unspecified atom stereocenters. The third-order valence-electron chi connectivity index (χ3n) is 4.32. The highest BCUT2D eigenvalue weighted by molar-refractivity contribution is 6.30. The lowest BCUT2D eigenvalue weighted by Crippen LogP contribution is -2.44. The van der Waals surface area contributed by atoms with Crippen molar-refractivity contribution < 1.29 is 0 Å². The molecule has 0 radical (unpaired) electrons. The summed E-state index contributed by atoms with van der Waals surface area (Å²) in [5.41, 5.74) is 2.64. The van der Waals surface area contributed by atoms with E-state index < -0.39 is 0 Å². The van der Waals surface area contributed by atoms with Crippen LogP contribution in [0.2, 0.25) is 5.15 Å². The quantitative estimate of drug-likeness (QED) is 0.856. The van der Waals surface area contributed by atoms with Crippen molar-refractivity contribution in [2.45, 2.75) is 66.3 Å². The van der Waals surface area contributed by atoms with Crippen LogP contribution in [0, 0.1) is 12.3 Å². The van der Waals surface area contributed by atoms with Crippen LogP contribution in [-0.2, 0) is 13.5 Å². The number of nitrogens with one attached hydrogen (secondary N) is 1. The maximum Gasteiger partial charge on any atom is 0.130 e. The Kier molecular flexibility index (Phi) is 5.68. The molecule has 1 aromatic heterocycles. The van der Waals surface area contributed by atoms with E-state index in [4.69, 9.17) is 11.6 Å². The molecule has 1 N–H and O–H groups in total. The van der Waals surface area contributed by atoms with Gasteiger partial charge in [-0.15, -0.1) is 0 Å². The first-order chi connectivity index (χ1) is 9.14. The Labute approximate surface area is 129 Å². The lowest BCUT2D eigenvalue weighted by atomic mass is 9.76. The Morgan fingerprint density at radius 3 is 2.10 bits per heavy atom. The summed E-state index contributed by atoms with van der Waals surface area (Å²) in [6.07, 6.45) is 3.26. The Morgan fingerprint density at radius 1 is 1.20 bits per heavy atom. The van der Waals surface area contributed by atoms with Crippen molar-refractivity contribution in [3.8, 4) is 0 Å². The first-order valence-corrected chi connectivity index (χ1v) is 7.95. The normalized spacial score (nSPS) is 13.0. The van der Waals surface area contributed by atoms with E-state index in [1.807, 2.05) is 7.05 Å². The molecule has 4 heteroatoms. The van der Waals surface area contributed by atoms with E-state index in [0.29, 0.717) is 0 Å². The van der Waals surface area contributed by atoms with Gasteiger partial charge in [-0.3, -0.25) is 4.68 Å². The van der Waals surface area contributed by atoms with Crippen LogP contribution in [0.25, 0.3) is 0 Å². The van der Waals surface area contributed by atoms with E-state index >= 15 is 0 Å². The topological polar surface area (TPSA) is 29.9 Å². The Bertz CT molecular complexity index is 439. The molecule has 0 aliphatic carbocycles. The molecule has 0 spiro atoms. The summed E-state index contributed by atoms with van der Waals surface area (Å²) in [7, 11) is 1.91. The molecule has 1 aromatic rings. The molecule has 0 aliphatic rings. The van der Waals surface area contributed by atoms with Crippen LogP contribution in [-0.4, -0.2) is 21.9 Å². The molecular weight excluding hydrogens is 270 g/mol. The van der Waals surface area contributed by atoms with Crippen LogP contribution in [0.15, 0.2) is 0 Å². The zero-order valence-corrected chi connectivity index (χ0v) is 14.9. The zero-order chi connectivity index (χ0) is 15.6. The fourth-order valence-electron chi connectivity index (χ4n) is 2.51. The monoisotopic (exact) mass is 299 g/mol. The van der Waals surface area contributed by atoms with Gasteiger partial charge in [0.2, 0.25) is 0 Å². The van der Waals surface area contributed by atoms with E-state index in [9.17, 15) is 0 Å². The minimum atomic E-state index is 0.142. The highest BCUT2D eigenvalue weighted by Gasteiger charge is 2.30. The predicted octanol–water partition coefficient (Wildman–Crippen LogP) is 4.12. The molecule has 20 heavy (non-hydrogen) atoms. The molecular formula is C16H30ClN3. The van der Waals surface area contributed by atoms with E-state index in [1.165, 1.54) is 5.56 Å². The molecule has 0 amide bonds. The Hall–Kier alpha value is -0.540. The summed E-state index contributed by atoms with van der Waals surface area (Å²) in [6, 6.07) is 0. The van der Waals surface area contributed by atoms with Crippen LogP contribution in [0.5, 0.6) is 0 Å². The predicted molar refractivity (Wildman–Crippen MR) is 87.4 cm³/mol. The maximum absolute atomic E-state index is 6.40. The van der Waals surface area contributed by atoms with Crippen molar-refractivity contribution in [3.63, 3.8) is 0 Å². The molecule has 0 saturated heterocycles. The van der Waals surface area contributed by atoms with Crippen LogP contribution in [0.3, 0.4) is 0 Å². The third kappa shape index (κ3) is 4.23. The second-order valence-electron chi connectivity index (χ2n) is 6.97. The fraction of sp³-hybridized carbons (Fsp3) is 0.812. The first kappa shape index (κ1) is 17.5. The van der Waals surface area contributed by atoms with E-state index in [2.05, 4.69) is 52.0 Å². The van der Waals surface area contributed by atoms with Gasteiger partial charge < -0.3 is 5.32 Å². The van der Waals surface area contributed by atoms with E-state index in [0.717, 1.165) is 36.7 Å². The molecule has 0 bridgehead atoms. The number of aryl methyl sites for hydroxylation is 2. The van der Waals surface area contributed by atoms with Gasteiger partial charge in [0.25, 0.3) is 0 Å². The van der Waals surface area contributed by atoms with Crippen molar-refractivity contribution in [2.75, 3.05) is 6.54 Å². The van der Waals surface area contributed by atoms with Gasteiger partial charge in [-0.25, -0.2) is 0 Å². The molecule has 0 atom stereocenters. The number of nitrogens with zero attached hydrogens (tertiary/aromatic N) is 2. The van der Waals surface area contributed by atoms with Gasteiger partial charge in [0, 0.05) is 24.7 Å². The smallest absolute Gasteiger partial charge is 0.130 e. The van der Waals surface area contributed by atoms with Crippen molar-refractivity contribution in [2.24, 2.45) is 12.5 Å². The third-order valence-corrected chi connectivity index (χ3v) is 4.79. The van der Waals surface area contributed by atoms with Gasteiger partial charge in [-0.05, 0) is 52.4 Å². The first-order valence-electron chi connectivity index (χ1n) is 7.57. The van der Waals surface area contributed by atoms with Crippen molar-refractivity contribution in [3.05, 3.63) is 16.4 Å². The lowest BCUT2D eigenvalue weighted by Gasteiger charge is -2.35. The molecule has 0 saturated carbocycles. The summed E-state index contributed by atoms with van der Waals surface area (Å²) >= 11 is 6.40. The molecule has 1 rings (SSSR count). The minimum absolute atomic E-state index is 0.142. The molecule has 0 aromatic carbocycles. The van der Waals surface area contributed by atoms with Crippen molar-refractivity contribution >= 4 is 11.6 Å². The number of halogens is 1. The van der Waals surface area contributed by atoms with Crippen LogP contribution in [0.1, 0.15) is 58.7 Å². The lowest BCUT2D eigenvalue weighted by molar-refractivity contribution is 0.220. The van der Waals surface area contributed by atoms with Gasteiger partial charge >= 0.3 is 0 Å². The largest absolute Gasteiger partial charge is 0.312 e. The van der Waals surface area contributed by atoms with Crippen LogP contribution >= 0.6 is 11.6 Å². The number of aromatic nitrogens is 2.